The molecule has 0 aliphatic heterocycles. The Hall–Kier alpha value is -1.89. The fourth-order valence-electron chi connectivity index (χ4n) is 2.16. The third kappa shape index (κ3) is 5.55. The van der Waals surface area contributed by atoms with E-state index >= 15 is 0 Å². The maximum atomic E-state index is 11.8. The van der Waals surface area contributed by atoms with E-state index in [2.05, 4.69) is 16.4 Å². The van der Waals surface area contributed by atoms with Gasteiger partial charge in [0.2, 0.25) is 0 Å². The van der Waals surface area contributed by atoms with Crippen LogP contribution in [0, 0.1) is 11.8 Å². The molecule has 0 aromatic rings. The van der Waals surface area contributed by atoms with Gasteiger partial charge in [-0.2, -0.15) is 4.89 Å². The van der Waals surface area contributed by atoms with Gasteiger partial charge in [0, 0.05) is 5.57 Å². The summed E-state index contributed by atoms with van der Waals surface area (Å²) in [6.45, 7) is 4.73. The van der Waals surface area contributed by atoms with Crippen LogP contribution in [0.1, 0.15) is 32.6 Å². The smallest absolute Gasteiger partial charge is 0.346 e. The maximum Gasteiger partial charge on any atom is 0.346 e. The van der Waals surface area contributed by atoms with Gasteiger partial charge in [-0.15, -0.1) is 0 Å². The minimum absolute atomic E-state index is 0.0774. The molecule has 1 aliphatic rings. The largest absolute Gasteiger partial charge is 0.481 e. The van der Waals surface area contributed by atoms with Gasteiger partial charge in [-0.05, 0) is 19.8 Å². The zero-order valence-corrected chi connectivity index (χ0v) is 12.0. The van der Waals surface area contributed by atoms with Crippen molar-refractivity contribution in [1.82, 2.24) is 0 Å². The molecule has 2 atom stereocenters. The Kier molecular flexibility index (Phi) is 6.87. The Morgan fingerprint density at radius 2 is 1.76 bits per heavy atom. The fraction of sp³-hybridized carbons (Fsp3) is 0.643. The summed E-state index contributed by atoms with van der Waals surface area (Å²) in [7, 11) is 0. The van der Waals surface area contributed by atoms with Gasteiger partial charge in [0.1, 0.15) is 13.2 Å². The topological polar surface area (TPSA) is 99.1 Å². The molecule has 1 N–H and O–H groups in total. The van der Waals surface area contributed by atoms with E-state index in [0.717, 1.165) is 12.8 Å². The lowest BCUT2D eigenvalue weighted by atomic mass is 9.79. The molecule has 0 spiro atoms. The molecule has 1 rings (SSSR count). The van der Waals surface area contributed by atoms with Crippen molar-refractivity contribution in [3.8, 4) is 0 Å². The highest BCUT2D eigenvalue weighted by Crippen LogP contribution is 2.31. The molecule has 0 heterocycles. The molecule has 0 saturated heterocycles. The van der Waals surface area contributed by atoms with Gasteiger partial charge in [0.05, 0.1) is 11.8 Å². The van der Waals surface area contributed by atoms with Gasteiger partial charge in [0.15, 0.2) is 0 Å². The van der Waals surface area contributed by atoms with Crippen LogP contribution in [-0.2, 0) is 28.9 Å². The number of carbonyl (C=O) groups excluding carboxylic acids is 2. The van der Waals surface area contributed by atoms with Crippen LogP contribution < -0.4 is 0 Å². The van der Waals surface area contributed by atoms with Crippen molar-refractivity contribution in [2.45, 2.75) is 32.6 Å². The van der Waals surface area contributed by atoms with Crippen LogP contribution >= 0.6 is 0 Å². The van der Waals surface area contributed by atoms with Crippen molar-refractivity contribution in [2.75, 3.05) is 13.2 Å². The number of carboxylic acids is 1. The van der Waals surface area contributed by atoms with Crippen LogP contribution in [0.15, 0.2) is 12.2 Å². The number of aliphatic carboxylic acids is 1. The molecule has 0 bridgehead atoms. The molecule has 1 saturated carbocycles. The molecule has 0 aromatic carbocycles. The molecular weight excluding hydrogens is 280 g/mol. The second-order valence-electron chi connectivity index (χ2n) is 4.98. The first kappa shape index (κ1) is 17.2. The molecule has 1 aliphatic carbocycles. The zero-order chi connectivity index (χ0) is 15.8. The van der Waals surface area contributed by atoms with Crippen molar-refractivity contribution in [2.24, 2.45) is 11.8 Å². The summed E-state index contributed by atoms with van der Waals surface area (Å²) in [6, 6.07) is 0. The van der Waals surface area contributed by atoms with Crippen molar-refractivity contribution in [3.63, 3.8) is 0 Å². The first-order chi connectivity index (χ1) is 9.93. The molecule has 2 unspecified atom stereocenters. The highest BCUT2D eigenvalue weighted by molar-refractivity contribution is 5.86. The Balaban J connectivity index is 2.28. The third-order valence-electron chi connectivity index (χ3n) is 3.28. The van der Waals surface area contributed by atoms with E-state index in [9.17, 15) is 14.4 Å². The first-order valence-corrected chi connectivity index (χ1v) is 6.82. The van der Waals surface area contributed by atoms with Crippen LogP contribution in [0.4, 0.5) is 0 Å². The number of hydrogen-bond donors (Lipinski definition) is 1. The van der Waals surface area contributed by atoms with Crippen molar-refractivity contribution in [1.29, 1.82) is 0 Å². The quantitative estimate of drug-likeness (QED) is 0.250. The normalized spacial score (nSPS) is 21.4. The van der Waals surface area contributed by atoms with Crippen LogP contribution in [0.2, 0.25) is 0 Å². The highest BCUT2D eigenvalue weighted by atomic mass is 17.2. The lowest BCUT2D eigenvalue weighted by Crippen LogP contribution is -2.34. The minimum Gasteiger partial charge on any atom is -0.481 e. The van der Waals surface area contributed by atoms with E-state index in [4.69, 9.17) is 9.84 Å². The van der Waals surface area contributed by atoms with Gasteiger partial charge in [0.25, 0.3) is 0 Å². The van der Waals surface area contributed by atoms with Gasteiger partial charge in [-0.1, -0.05) is 19.4 Å². The molecule has 1 fully saturated rings. The van der Waals surface area contributed by atoms with Crippen LogP contribution in [0.5, 0.6) is 0 Å². The predicted octanol–water partition coefficient (Wildman–Crippen LogP) is 1.47. The van der Waals surface area contributed by atoms with E-state index in [-0.39, 0.29) is 18.8 Å². The van der Waals surface area contributed by atoms with Crippen molar-refractivity contribution < 1.29 is 34.0 Å². The summed E-state index contributed by atoms with van der Waals surface area (Å²) >= 11 is 0. The Bertz CT molecular complexity index is 416. The monoisotopic (exact) mass is 300 g/mol. The number of rotatable bonds is 7. The van der Waals surface area contributed by atoms with E-state index < -0.39 is 29.7 Å². The Labute approximate surface area is 122 Å². The maximum absolute atomic E-state index is 11.8. The molecule has 0 amide bonds. The molecule has 7 nitrogen and oxygen atoms in total. The van der Waals surface area contributed by atoms with Gasteiger partial charge in [-0.3, -0.25) is 9.68 Å². The second-order valence-corrected chi connectivity index (χ2v) is 4.98. The van der Waals surface area contributed by atoms with E-state index in [0.29, 0.717) is 12.8 Å². The summed E-state index contributed by atoms with van der Waals surface area (Å²) in [5.74, 6) is -3.64. The molecule has 21 heavy (non-hydrogen) atoms. The second kappa shape index (κ2) is 8.41. The molecular formula is C14H20O7. The van der Waals surface area contributed by atoms with Gasteiger partial charge < -0.3 is 9.84 Å². The average molecular weight is 300 g/mol. The lowest BCUT2D eigenvalue weighted by Gasteiger charge is -2.25. The molecule has 0 radical (unpaired) electrons. The van der Waals surface area contributed by atoms with Gasteiger partial charge in [-0.25, -0.2) is 9.59 Å². The summed E-state index contributed by atoms with van der Waals surface area (Å²) < 4.78 is 4.74. The van der Waals surface area contributed by atoms with E-state index in [1.807, 2.05) is 0 Å². The van der Waals surface area contributed by atoms with E-state index in [1.165, 1.54) is 6.92 Å². The van der Waals surface area contributed by atoms with Crippen LogP contribution in [-0.4, -0.2) is 36.2 Å². The molecule has 118 valence electrons. The fourth-order valence-corrected chi connectivity index (χ4v) is 2.16. The average Bonchev–Trinajstić information content (AvgIpc) is 2.46. The number of hydrogen-bond acceptors (Lipinski definition) is 6. The van der Waals surface area contributed by atoms with E-state index in [1.54, 1.807) is 0 Å². The molecule has 0 aromatic heterocycles. The Morgan fingerprint density at radius 1 is 1.14 bits per heavy atom. The number of esters is 1. The number of carbonyl (C=O) groups is 3. The number of ether oxygens (including phenoxy) is 1. The standard InChI is InChI=1S/C14H20O7/c1-9(2)13(17)19-7-8-20-21-14(18)11-6-4-3-5-10(11)12(15)16/h10-11H,1,3-8H2,2H3,(H,15,16). The van der Waals surface area contributed by atoms with Crippen LogP contribution in [0.3, 0.4) is 0 Å². The SMILES string of the molecule is C=C(C)C(=O)OCCOOC(=O)C1CCCCC1C(=O)O. The summed E-state index contributed by atoms with van der Waals surface area (Å²) in [4.78, 5) is 43.2. The summed E-state index contributed by atoms with van der Waals surface area (Å²) in [5.41, 5.74) is 0.263. The van der Waals surface area contributed by atoms with Crippen LogP contribution in [0.25, 0.3) is 0 Å². The molecule has 7 heteroatoms. The lowest BCUT2D eigenvalue weighted by molar-refractivity contribution is -0.281. The summed E-state index contributed by atoms with van der Waals surface area (Å²) in [5, 5.41) is 9.07. The van der Waals surface area contributed by atoms with Gasteiger partial charge >= 0.3 is 17.9 Å². The Morgan fingerprint density at radius 3 is 2.33 bits per heavy atom. The van der Waals surface area contributed by atoms with Crippen molar-refractivity contribution in [3.05, 3.63) is 12.2 Å². The predicted molar refractivity (Wildman–Crippen MR) is 70.9 cm³/mol. The highest BCUT2D eigenvalue weighted by Gasteiger charge is 2.37. The third-order valence-corrected chi connectivity index (χ3v) is 3.28. The summed E-state index contributed by atoms with van der Waals surface area (Å²) in [6.07, 6.45) is 2.52. The minimum atomic E-state index is -0.993. The number of carboxylic acid groups (broad SMARTS) is 1. The first-order valence-electron chi connectivity index (χ1n) is 6.82. The zero-order valence-electron chi connectivity index (χ0n) is 12.0. The van der Waals surface area contributed by atoms with Crippen molar-refractivity contribution >= 4 is 17.9 Å².